The molecule has 0 aliphatic heterocycles. The third-order valence-corrected chi connectivity index (χ3v) is 7.56. The monoisotopic (exact) mass is 374 g/mol. The van der Waals surface area contributed by atoms with Crippen molar-refractivity contribution in [1.82, 2.24) is 0 Å². The lowest BCUT2D eigenvalue weighted by Crippen LogP contribution is -2.05. The van der Waals surface area contributed by atoms with E-state index in [1.807, 2.05) is 49.4 Å². The van der Waals surface area contributed by atoms with Gasteiger partial charge in [-0.25, -0.2) is 0 Å². The lowest BCUT2D eigenvalue weighted by Gasteiger charge is -2.16. The summed E-state index contributed by atoms with van der Waals surface area (Å²) in [7, 11) is -0.958. The van der Waals surface area contributed by atoms with E-state index in [4.69, 9.17) is 0 Å². The van der Waals surface area contributed by atoms with Gasteiger partial charge in [0.25, 0.3) is 0 Å². The van der Waals surface area contributed by atoms with Gasteiger partial charge in [-0.2, -0.15) is 0 Å². The van der Waals surface area contributed by atoms with Crippen molar-refractivity contribution >= 4 is 27.4 Å². The molecule has 1 fully saturated rings. The molecule has 0 radical (unpaired) electrons. The fourth-order valence-electron chi connectivity index (χ4n) is 4.83. The first-order valence-electron chi connectivity index (χ1n) is 9.75. The number of hydrogen-bond acceptors (Lipinski definition) is 2. The highest BCUT2D eigenvalue weighted by molar-refractivity contribution is 7.85. The molecule has 136 valence electrons. The summed E-state index contributed by atoms with van der Waals surface area (Å²) in [5.74, 6) is 2.08. The molecule has 3 heteroatoms. The molecule has 1 saturated carbocycles. The van der Waals surface area contributed by atoms with Crippen LogP contribution >= 0.6 is 0 Å². The van der Waals surface area contributed by atoms with Gasteiger partial charge in [-0.05, 0) is 77.3 Å². The molecule has 2 aliphatic rings. The summed E-state index contributed by atoms with van der Waals surface area (Å²) in [6.45, 7) is 1.92. The largest absolute Gasteiger partial charge is 0.289 e. The van der Waals surface area contributed by atoms with Crippen molar-refractivity contribution in [2.75, 3.05) is 5.75 Å². The Labute approximate surface area is 162 Å². The van der Waals surface area contributed by atoms with Gasteiger partial charge in [-0.3, -0.25) is 9.00 Å². The minimum absolute atomic E-state index is 0.0867. The maximum Gasteiger partial charge on any atom is 0.193 e. The van der Waals surface area contributed by atoms with E-state index in [0.29, 0.717) is 11.7 Å². The first-order chi connectivity index (χ1) is 13.1. The molecule has 0 N–H and O–H groups in total. The molecule has 0 saturated heterocycles. The Morgan fingerprint density at radius 2 is 1.56 bits per heavy atom. The van der Waals surface area contributed by atoms with Crippen molar-refractivity contribution in [2.45, 2.75) is 42.9 Å². The van der Waals surface area contributed by atoms with Crippen LogP contribution in [0.15, 0.2) is 59.5 Å². The van der Waals surface area contributed by atoms with Gasteiger partial charge in [-0.1, -0.05) is 37.3 Å². The summed E-state index contributed by atoms with van der Waals surface area (Å²) in [6.07, 6.45) is 3.84. The highest BCUT2D eigenvalue weighted by atomic mass is 32.2. The SMILES string of the molecule is CCS(=O)c1ccc2cc(C(=O)c3ccc4c(c3)C3CCC4C3)ccc2c1. The highest BCUT2D eigenvalue weighted by Gasteiger charge is 2.36. The summed E-state index contributed by atoms with van der Waals surface area (Å²) in [4.78, 5) is 13.9. The third kappa shape index (κ3) is 2.76. The predicted molar refractivity (Wildman–Crippen MR) is 110 cm³/mol. The van der Waals surface area contributed by atoms with Gasteiger partial charge in [0.1, 0.15) is 0 Å². The molecule has 5 rings (SSSR count). The second kappa shape index (κ2) is 6.42. The van der Waals surface area contributed by atoms with Crippen LogP contribution in [0, 0.1) is 0 Å². The second-order valence-corrected chi connectivity index (χ2v) is 9.48. The zero-order chi connectivity index (χ0) is 18.5. The van der Waals surface area contributed by atoms with Crippen LogP contribution in [0.25, 0.3) is 10.8 Å². The molecular formula is C24H22O2S. The quantitative estimate of drug-likeness (QED) is 0.560. The molecule has 27 heavy (non-hydrogen) atoms. The fraction of sp³-hybridized carbons (Fsp3) is 0.292. The molecule has 3 aromatic carbocycles. The van der Waals surface area contributed by atoms with E-state index in [9.17, 15) is 9.00 Å². The Morgan fingerprint density at radius 1 is 0.889 bits per heavy atom. The van der Waals surface area contributed by atoms with E-state index in [2.05, 4.69) is 12.1 Å². The topological polar surface area (TPSA) is 34.1 Å². The zero-order valence-electron chi connectivity index (χ0n) is 15.4. The van der Waals surface area contributed by atoms with E-state index >= 15 is 0 Å². The van der Waals surface area contributed by atoms with E-state index < -0.39 is 10.8 Å². The predicted octanol–water partition coefficient (Wildman–Crippen LogP) is 5.56. The minimum atomic E-state index is -0.958. The van der Waals surface area contributed by atoms with Crippen molar-refractivity contribution in [3.63, 3.8) is 0 Å². The van der Waals surface area contributed by atoms with Gasteiger partial charge < -0.3 is 0 Å². The van der Waals surface area contributed by atoms with Gasteiger partial charge in [0.2, 0.25) is 0 Å². The van der Waals surface area contributed by atoms with Crippen LogP contribution in [0.3, 0.4) is 0 Å². The molecular weight excluding hydrogens is 352 g/mol. The molecule has 2 bridgehead atoms. The van der Waals surface area contributed by atoms with Gasteiger partial charge in [-0.15, -0.1) is 0 Å². The molecule has 0 heterocycles. The molecule has 0 aromatic heterocycles. The van der Waals surface area contributed by atoms with E-state index in [1.54, 1.807) is 0 Å². The maximum atomic E-state index is 13.1. The minimum Gasteiger partial charge on any atom is -0.289 e. The lowest BCUT2D eigenvalue weighted by atomic mass is 9.89. The van der Waals surface area contributed by atoms with Crippen molar-refractivity contribution in [3.8, 4) is 0 Å². The fourth-order valence-corrected chi connectivity index (χ4v) is 5.64. The van der Waals surface area contributed by atoms with Crippen LogP contribution in [0.4, 0.5) is 0 Å². The van der Waals surface area contributed by atoms with Crippen LogP contribution in [-0.2, 0) is 10.8 Å². The number of fused-ring (bicyclic) bond motifs is 6. The number of hydrogen-bond donors (Lipinski definition) is 0. The smallest absolute Gasteiger partial charge is 0.193 e. The first-order valence-corrected chi connectivity index (χ1v) is 11.1. The van der Waals surface area contributed by atoms with Gasteiger partial charge in [0.15, 0.2) is 5.78 Å². The second-order valence-electron chi connectivity index (χ2n) is 7.74. The first kappa shape index (κ1) is 16.9. The molecule has 0 amide bonds. The average molecular weight is 375 g/mol. The molecule has 2 aliphatic carbocycles. The number of benzene rings is 3. The van der Waals surface area contributed by atoms with Gasteiger partial charge in [0.05, 0.1) is 10.8 Å². The van der Waals surface area contributed by atoms with Crippen molar-refractivity contribution in [3.05, 3.63) is 76.9 Å². The lowest BCUT2D eigenvalue weighted by molar-refractivity contribution is 0.103. The van der Waals surface area contributed by atoms with Crippen LogP contribution in [0.2, 0.25) is 0 Å². The summed E-state index contributed by atoms with van der Waals surface area (Å²) >= 11 is 0. The van der Waals surface area contributed by atoms with Crippen LogP contribution in [-0.4, -0.2) is 15.7 Å². The molecule has 0 spiro atoms. The summed E-state index contributed by atoms with van der Waals surface area (Å²) in [5.41, 5.74) is 4.39. The van der Waals surface area contributed by atoms with E-state index in [1.165, 1.54) is 30.4 Å². The average Bonchev–Trinajstić information content (AvgIpc) is 3.34. The zero-order valence-corrected chi connectivity index (χ0v) is 16.2. The standard InChI is InChI=1S/C24H22O2S/c1-2-27(26)21-9-7-15-11-19(6-3-16(15)13-21)24(25)20-8-10-22-17-4-5-18(12-17)23(22)14-20/h3,6-11,13-14,17-18H,2,4-5,12H2,1H3. The Balaban J connectivity index is 1.49. The molecule has 3 atom stereocenters. The van der Waals surface area contributed by atoms with Crippen LogP contribution < -0.4 is 0 Å². The van der Waals surface area contributed by atoms with Gasteiger partial charge in [0, 0.05) is 21.8 Å². The summed E-state index contributed by atoms with van der Waals surface area (Å²) in [6, 6.07) is 18.0. The Morgan fingerprint density at radius 3 is 2.37 bits per heavy atom. The van der Waals surface area contributed by atoms with E-state index in [0.717, 1.165) is 32.7 Å². The van der Waals surface area contributed by atoms with Crippen LogP contribution in [0.1, 0.15) is 65.1 Å². The highest BCUT2D eigenvalue weighted by Crippen LogP contribution is 2.53. The molecule has 3 aromatic rings. The number of rotatable bonds is 4. The summed E-state index contributed by atoms with van der Waals surface area (Å²) < 4.78 is 12.0. The van der Waals surface area contributed by atoms with Crippen LogP contribution in [0.5, 0.6) is 0 Å². The van der Waals surface area contributed by atoms with Gasteiger partial charge >= 0.3 is 0 Å². The summed E-state index contributed by atoms with van der Waals surface area (Å²) in [5, 5.41) is 2.04. The van der Waals surface area contributed by atoms with Crippen molar-refractivity contribution in [2.24, 2.45) is 0 Å². The number of ketones is 1. The maximum absolute atomic E-state index is 13.1. The Hall–Kier alpha value is -2.26. The van der Waals surface area contributed by atoms with Crippen molar-refractivity contribution in [1.29, 1.82) is 0 Å². The molecule has 2 nitrogen and oxygen atoms in total. The Bertz CT molecular complexity index is 1100. The Kier molecular flexibility index (Phi) is 4.01. The molecule has 3 unspecified atom stereocenters. The third-order valence-electron chi connectivity index (χ3n) is 6.26. The van der Waals surface area contributed by atoms with E-state index in [-0.39, 0.29) is 5.78 Å². The number of carbonyl (C=O) groups is 1. The normalized spacial score (nSPS) is 21.4. The number of carbonyl (C=O) groups excluding carboxylic acids is 1. The van der Waals surface area contributed by atoms with Crippen molar-refractivity contribution < 1.29 is 9.00 Å².